The quantitative estimate of drug-likeness (QED) is 0.214. The van der Waals surface area contributed by atoms with Crippen molar-refractivity contribution in [1.29, 1.82) is 0 Å². The highest BCUT2D eigenvalue weighted by atomic mass is 16.3. The molecule has 0 fully saturated rings. The predicted octanol–water partition coefficient (Wildman–Crippen LogP) is 9.30. The lowest BCUT2D eigenvalue weighted by Crippen LogP contribution is -2.26. The van der Waals surface area contributed by atoms with E-state index in [0.717, 1.165) is 56.8 Å². The molecule has 0 bridgehead atoms. The van der Waals surface area contributed by atoms with Gasteiger partial charge in [-0.3, -0.25) is 4.57 Å². The Morgan fingerprint density at radius 2 is 1.47 bits per heavy atom. The van der Waals surface area contributed by atoms with Gasteiger partial charge in [-0.2, -0.15) is 0 Å². The van der Waals surface area contributed by atoms with Gasteiger partial charge >= 0.3 is 0 Å². The number of benzene rings is 6. The molecule has 1 N–H and O–H groups in total. The van der Waals surface area contributed by atoms with E-state index in [1.165, 1.54) is 37.5 Å². The Morgan fingerprint density at radius 1 is 0.660 bits per heavy atom. The molecule has 6 aromatic carbocycles. The molecule has 2 aliphatic rings. The average molecular weight is 604 g/mol. The van der Waals surface area contributed by atoms with E-state index in [9.17, 15) is 0 Å². The molecule has 222 valence electrons. The van der Waals surface area contributed by atoms with Gasteiger partial charge in [-0.15, -0.1) is 0 Å². The van der Waals surface area contributed by atoms with Crippen molar-refractivity contribution in [1.82, 2.24) is 4.57 Å². The molecular weight excluding hydrogens is 574 g/mol. The first-order valence-electron chi connectivity index (χ1n) is 16.1. The van der Waals surface area contributed by atoms with Crippen molar-refractivity contribution in [2.75, 3.05) is 5.32 Å². The molecule has 0 amide bonds. The van der Waals surface area contributed by atoms with Gasteiger partial charge in [0.2, 0.25) is 0 Å². The Morgan fingerprint density at radius 3 is 2.40 bits per heavy atom. The summed E-state index contributed by atoms with van der Waals surface area (Å²) in [7, 11) is 0. The van der Waals surface area contributed by atoms with Gasteiger partial charge < -0.3 is 9.73 Å². The topological polar surface area (TPSA) is 42.5 Å². The van der Waals surface area contributed by atoms with Crippen LogP contribution in [-0.4, -0.2) is 10.4 Å². The summed E-state index contributed by atoms with van der Waals surface area (Å²) in [6, 6.07) is 45.4. The third-order valence-electron chi connectivity index (χ3n) is 9.60. The fourth-order valence-electron chi connectivity index (χ4n) is 7.29. The van der Waals surface area contributed by atoms with Crippen LogP contribution in [0.1, 0.15) is 23.9 Å². The minimum atomic E-state index is -0.288. The van der Waals surface area contributed by atoms with Crippen LogP contribution in [-0.2, 0) is 0 Å². The number of furan rings is 1. The molecule has 1 atom stereocenters. The third kappa shape index (κ3) is 4.12. The van der Waals surface area contributed by atoms with Crippen LogP contribution in [0.3, 0.4) is 0 Å². The maximum absolute atomic E-state index is 6.76. The number of fused-ring (bicyclic) bond motifs is 8. The fraction of sp³-hybridized carbons (Fsp3) is 0.0465. The number of nitrogens with one attached hydrogen (secondary N) is 1. The SMILES string of the molecule is C1=CCC=c2cc3c4ccccc4n(C4=NC(c5ccccc5)Nc5c4oc4ccc(-c6ccc7ccccc7c6)cc54)c3cc2=C1. The molecule has 2 aromatic heterocycles. The van der Waals surface area contributed by atoms with Gasteiger partial charge in [0.15, 0.2) is 11.6 Å². The number of aliphatic imine (C=N–C) groups is 1. The summed E-state index contributed by atoms with van der Waals surface area (Å²) >= 11 is 0. The molecule has 0 saturated carbocycles. The van der Waals surface area contributed by atoms with Crippen molar-refractivity contribution in [2.24, 2.45) is 4.99 Å². The Kier molecular flexibility index (Phi) is 5.67. The monoisotopic (exact) mass is 603 g/mol. The zero-order valence-corrected chi connectivity index (χ0v) is 25.5. The van der Waals surface area contributed by atoms with E-state index >= 15 is 0 Å². The molecule has 1 aliphatic heterocycles. The standard InChI is InChI=1S/C43H29N3O/c1-3-12-28(13-4-1)42-44-40-36-25-33(32-20-19-27-11-7-8-16-29(27)23-32)21-22-39(36)47-41(40)43(45-42)46-37-18-10-9-17-34(37)35-24-30-14-5-2-6-15-31(30)26-38(35)46/h1-4,6-26,42,44H,5H2. The maximum Gasteiger partial charge on any atom is 0.194 e. The maximum atomic E-state index is 6.76. The van der Waals surface area contributed by atoms with Gasteiger partial charge in [0.05, 0.1) is 16.7 Å². The van der Waals surface area contributed by atoms with Crippen molar-refractivity contribution in [3.05, 3.63) is 161 Å². The summed E-state index contributed by atoms with van der Waals surface area (Å²) in [5, 5.41) is 12.1. The fourth-order valence-corrected chi connectivity index (χ4v) is 7.29. The second kappa shape index (κ2) is 10.2. The predicted molar refractivity (Wildman–Crippen MR) is 195 cm³/mol. The second-order valence-electron chi connectivity index (χ2n) is 12.4. The van der Waals surface area contributed by atoms with E-state index in [-0.39, 0.29) is 6.17 Å². The highest BCUT2D eigenvalue weighted by Crippen LogP contribution is 2.42. The molecule has 8 aromatic rings. The minimum absolute atomic E-state index is 0.288. The lowest BCUT2D eigenvalue weighted by molar-refractivity contribution is 0.595. The number of anilines is 1. The zero-order chi connectivity index (χ0) is 30.9. The Labute approximate surface area is 270 Å². The highest BCUT2D eigenvalue weighted by Gasteiger charge is 2.30. The molecule has 3 heterocycles. The van der Waals surface area contributed by atoms with E-state index in [0.29, 0.717) is 0 Å². The number of hydrogen-bond donors (Lipinski definition) is 1. The van der Waals surface area contributed by atoms with Gasteiger partial charge in [0.1, 0.15) is 11.7 Å². The molecule has 1 unspecified atom stereocenters. The molecule has 4 heteroatoms. The van der Waals surface area contributed by atoms with Gasteiger partial charge in [-0.1, -0.05) is 115 Å². The molecule has 1 aliphatic carbocycles. The zero-order valence-electron chi connectivity index (χ0n) is 25.5. The van der Waals surface area contributed by atoms with Crippen LogP contribution in [0.2, 0.25) is 0 Å². The lowest BCUT2D eigenvalue weighted by atomic mass is 9.99. The van der Waals surface area contributed by atoms with E-state index in [1.54, 1.807) is 0 Å². The van der Waals surface area contributed by atoms with Crippen LogP contribution < -0.4 is 15.8 Å². The summed E-state index contributed by atoms with van der Waals surface area (Å²) in [5.74, 6) is 1.55. The number of aromatic nitrogens is 1. The van der Waals surface area contributed by atoms with Crippen molar-refractivity contribution < 1.29 is 4.42 Å². The van der Waals surface area contributed by atoms with Crippen LogP contribution >= 0.6 is 0 Å². The molecule has 0 saturated heterocycles. The molecule has 47 heavy (non-hydrogen) atoms. The first-order valence-corrected chi connectivity index (χ1v) is 16.1. The van der Waals surface area contributed by atoms with Crippen molar-refractivity contribution in [2.45, 2.75) is 12.6 Å². The van der Waals surface area contributed by atoms with Gasteiger partial charge in [-0.25, -0.2) is 4.99 Å². The van der Waals surface area contributed by atoms with Crippen molar-refractivity contribution in [3.8, 4) is 11.1 Å². The van der Waals surface area contributed by atoms with Crippen molar-refractivity contribution in [3.63, 3.8) is 0 Å². The number of nitrogens with zero attached hydrogens (tertiary/aromatic N) is 2. The number of rotatable bonds is 2. The summed E-state index contributed by atoms with van der Waals surface area (Å²) < 4.78 is 9.06. The molecule has 4 nitrogen and oxygen atoms in total. The average Bonchev–Trinajstić information content (AvgIpc) is 3.55. The van der Waals surface area contributed by atoms with Gasteiger partial charge in [-0.05, 0) is 80.7 Å². The number of allylic oxidation sites excluding steroid dienone is 2. The van der Waals surface area contributed by atoms with Crippen LogP contribution in [0.4, 0.5) is 5.69 Å². The van der Waals surface area contributed by atoms with Crippen LogP contribution in [0.5, 0.6) is 0 Å². The van der Waals surface area contributed by atoms with Crippen LogP contribution in [0.25, 0.3) is 66.8 Å². The van der Waals surface area contributed by atoms with Gasteiger partial charge in [0, 0.05) is 16.2 Å². The number of para-hydroxylation sites is 1. The Balaban J connectivity index is 1.24. The lowest BCUT2D eigenvalue weighted by Gasteiger charge is -2.24. The summed E-state index contributed by atoms with van der Waals surface area (Å²) in [6.07, 6.45) is 9.50. The van der Waals surface area contributed by atoms with E-state index in [2.05, 4.69) is 156 Å². The minimum Gasteiger partial charge on any atom is -0.451 e. The second-order valence-corrected chi connectivity index (χ2v) is 12.4. The number of hydrogen-bond acceptors (Lipinski definition) is 3. The Bertz CT molecular complexity index is 2740. The van der Waals surface area contributed by atoms with Gasteiger partial charge in [0.25, 0.3) is 0 Å². The smallest absolute Gasteiger partial charge is 0.194 e. The van der Waals surface area contributed by atoms with E-state index in [4.69, 9.17) is 9.41 Å². The van der Waals surface area contributed by atoms with Crippen LogP contribution in [0, 0.1) is 0 Å². The highest BCUT2D eigenvalue weighted by molar-refractivity contribution is 6.20. The van der Waals surface area contributed by atoms with Crippen molar-refractivity contribution >= 4 is 67.2 Å². The third-order valence-corrected chi connectivity index (χ3v) is 9.60. The molecule has 0 spiro atoms. The Hall–Kier alpha value is -6.13. The normalized spacial score (nSPS) is 15.5. The van der Waals surface area contributed by atoms with E-state index in [1.807, 2.05) is 6.07 Å². The summed E-state index contributed by atoms with van der Waals surface area (Å²) in [4.78, 5) is 5.42. The summed E-state index contributed by atoms with van der Waals surface area (Å²) in [6.45, 7) is 0. The largest absolute Gasteiger partial charge is 0.451 e. The molecular formula is C43H29N3O. The molecule has 0 radical (unpaired) electrons. The summed E-state index contributed by atoms with van der Waals surface area (Å²) in [5.41, 5.74) is 7.43. The van der Waals surface area contributed by atoms with E-state index < -0.39 is 0 Å². The van der Waals surface area contributed by atoms with Crippen LogP contribution in [0.15, 0.2) is 149 Å². The first-order chi connectivity index (χ1) is 23.3. The first kappa shape index (κ1) is 26.1. The molecule has 10 rings (SSSR count).